The van der Waals surface area contributed by atoms with Crippen molar-refractivity contribution in [2.45, 2.75) is 11.8 Å². The average molecular weight is 430 g/mol. The largest absolute Gasteiger partial charge is 0.337 e. The number of amides is 1. The number of carbonyl (C=O) groups excluding carboxylic acids is 1. The van der Waals surface area contributed by atoms with Crippen LogP contribution in [0.15, 0.2) is 98.7 Å². The molecule has 2 aliphatic heterocycles. The molecular formula is C24H19N3OS2. The minimum absolute atomic E-state index is 0.0410. The smallest absolute Gasteiger partial charge is 0.274 e. The summed E-state index contributed by atoms with van der Waals surface area (Å²) >= 11 is 3.07. The van der Waals surface area contributed by atoms with Crippen LogP contribution < -0.4 is 9.80 Å². The Morgan fingerprint density at radius 3 is 2.27 bits per heavy atom. The third-order valence-corrected chi connectivity index (χ3v) is 7.38. The lowest BCUT2D eigenvalue weighted by molar-refractivity contribution is -0.113. The number of amidine groups is 1. The molecule has 148 valence electrons. The van der Waals surface area contributed by atoms with Crippen LogP contribution in [-0.4, -0.2) is 18.1 Å². The lowest BCUT2D eigenvalue weighted by Crippen LogP contribution is -2.29. The number of para-hydroxylation sites is 2. The van der Waals surface area contributed by atoms with Gasteiger partial charge in [0.15, 0.2) is 5.17 Å². The molecule has 0 atom stereocenters. The SMILES string of the molecule is Cc1ccc(N2C(=O)C(=C3Sc4ccccc4N3C)SC2=Nc2ccccc2)cc1. The second-order valence-electron chi connectivity index (χ2n) is 7.07. The molecule has 0 bridgehead atoms. The van der Waals surface area contributed by atoms with Crippen molar-refractivity contribution in [3.63, 3.8) is 0 Å². The quantitative estimate of drug-likeness (QED) is 0.456. The van der Waals surface area contributed by atoms with E-state index in [1.54, 1.807) is 16.7 Å². The summed E-state index contributed by atoms with van der Waals surface area (Å²) in [5.74, 6) is -0.0410. The lowest BCUT2D eigenvalue weighted by Gasteiger charge is -2.17. The van der Waals surface area contributed by atoms with Crippen LogP contribution in [0.25, 0.3) is 0 Å². The highest BCUT2D eigenvalue weighted by atomic mass is 32.2. The Balaban J connectivity index is 1.61. The van der Waals surface area contributed by atoms with Crippen LogP contribution in [-0.2, 0) is 4.79 Å². The zero-order valence-corrected chi connectivity index (χ0v) is 18.2. The number of aryl methyl sites for hydroxylation is 1. The van der Waals surface area contributed by atoms with E-state index < -0.39 is 0 Å². The monoisotopic (exact) mass is 429 g/mol. The van der Waals surface area contributed by atoms with Crippen LogP contribution in [0.4, 0.5) is 17.1 Å². The highest BCUT2D eigenvalue weighted by molar-refractivity contribution is 8.20. The van der Waals surface area contributed by atoms with E-state index in [4.69, 9.17) is 4.99 Å². The van der Waals surface area contributed by atoms with Gasteiger partial charge in [0, 0.05) is 11.9 Å². The third kappa shape index (κ3) is 3.32. The number of rotatable bonds is 2. The summed E-state index contributed by atoms with van der Waals surface area (Å²) in [5, 5.41) is 1.61. The van der Waals surface area contributed by atoms with E-state index >= 15 is 0 Å². The maximum Gasteiger partial charge on any atom is 0.274 e. The second-order valence-corrected chi connectivity index (χ2v) is 9.08. The normalized spacial score (nSPS) is 19.7. The first-order valence-corrected chi connectivity index (χ1v) is 11.2. The van der Waals surface area contributed by atoms with Gasteiger partial charge >= 0.3 is 0 Å². The molecule has 3 aromatic rings. The molecule has 0 aliphatic carbocycles. The minimum Gasteiger partial charge on any atom is -0.337 e. The van der Waals surface area contributed by atoms with Gasteiger partial charge in [0.25, 0.3) is 5.91 Å². The molecule has 0 unspecified atom stereocenters. The maximum absolute atomic E-state index is 13.6. The molecule has 0 radical (unpaired) electrons. The second kappa shape index (κ2) is 7.70. The summed E-state index contributed by atoms with van der Waals surface area (Å²) in [6.07, 6.45) is 0. The number of carbonyl (C=O) groups is 1. The molecule has 5 rings (SSSR count). The predicted molar refractivity (Wildman–Crippen MR) is 128 cm³/mol. The van der Waals surface area contributed by atoms with Crippen molar-refractivity contribution < 1.29 is 4.79 Å². The van der Waals surface area contributed by atoms with Crippen molar-refractivity contribution in [2.75, 3.05) is 16.8 Å². The average Bonchev–Trinajstić information content (AvgIpc) is 3.26. The number of anilines is 2. The van der Waals surface area contributed by atoms with Crippen molar-refractivity contribution in [3.05, 3.63) is 94.4 Å². The maximum atomic E-state index is 13.6. The number of thioether (sulfide) groups is 2. The Bertz CT molecular complexity index is 1190. The van der Waals surface area contributed by atoms with E-state index in [-0.39, 0.29) is 5.91 Å². The highest BCUT2D eigenvalue weighted by Gasteiger charge is 2.40. The highest BCUT2D eigenvalue weighted by Crippen LogP contribution is 2.50. The van der Waals surface area contributed by atoms with Crippen LogP contribution in [0, 0.1) is 6.92 Å². The first-order chi connectivity index (χ1) is 14.6. The number of aliphatic imine (C=N–C) groups is 1. The van der Waals surface area contributed by atoms with Gasteiger partial charge in [0.2, 0.25) is 0 Å². The summed E-state index contributed by atoms with van der Waals surface area (Å²) < 4.78 is 0. The van der Waals surface area contributed by atoms with E-state index in [1.807, 2.05) is 80.7 Å². The van der Waals surface area contributed by atoms with Gasteiger partial charge in [0.1, 0.15) is 4.91 Å². The number of nitrogens with zero attached hydrogens (tertiary/aromatic N) is 3. The van der Waals surface area contributed by atoms with Gasteiger partial charge in [-0.25, -0.2) is 4.99 Å². The first kappa shape index (κ1) is 19.0. The first-order valence-electron chi connectivity index (χ1n) is 9.59. The fourth-order valence-electron chi connectivity index (χ4n) is 3.41. The van der Waals surface area contributed by atoms with E-state index in [0.717, 1.165) is 32.6 Å². The van der Waals surface area contributed by atoms with Crippen molar-refractivity contribution in [2.24, 2.45) is 4.99 Å². The van der Waals surface area contributed by atoms with Crippen molar-refractivity contribution in [3.8, 4) is 0 Å². The third-order valence-electron chi connectivity index (χ3n) is 4.99. The molecule has 0 saturated carbocycles. The van der Waals surface area contributed by atoms with Gasteiger partial charge in [-0.15, -0.1) is 0 Å². The predicted octanol–water partition coefficient (Wildman–Crippen LogP) is 6.17. The van der Waals surface area contributed by atoms with Gasteiger partial charge in [-0.2, -0.15) is 0 Å². The lowest BCUT2D eigenvalue weighted by atomic mass is 10.2. The van der Waals surface area contributed by atoms with Crippen LogP contribution >= 0.6 is 23.5 Å². The Labute approximate surface area is 184 Å². The van der Waals surface area contributed by atoms with Crippen molar-refractivity contribution in [1.82, 2.24) is 0 Å². The van der Waals surface area contributed by atoms with Crippen LogP contribution in [0.1, 0.15) is 5.56 Å². The molecule has 0 aromatic heterocycles. The van der Waals surface area contributed by atoms with Gasteiger partial charge < -0.3 is 4.90 Å². The summed E-state index contributed by atoms with van der Waals surface area (Å²) in [4.78, 5) is 24.1. The van der Waals surface area contributed by atoms with E-state index in [0.29, 0.717) is 10.1 Å². The fraction of sp³-hybridized carbons (Fsp3) is 0.0833. The molecular weight excluding hydrogens is 410 g/mol. The molecule has 1 fully saturated rings. The Morgan fingerprint density at radius 1 is 0.833 bits per heavy atom. The summed E-state index contributed by atoms with van der Waals surface area (Å²) in [6, 6.07) is 26.0. The number of hydrogen-bond acceptors (Lipinski definition) is 5. The van der Waals surface area contributed by atoms with Gasteiger partial charge in [0.05, 0.1) is 22.1 Å². The zero-order chi connectivity index (χ0) is 20.7. The Morgan fingerprint density at radius 2 is 1.53 bits per heavy atom. The zero-order valence-electron chi connectivity index (χ0n) is 16.6. The molecule has 4 nitrogen and oxygen atoms in total. The molecule has 30 heavy (non-hydrogen) atoms. The molecule has 3 aromatic carbocycles. The Hall–Kier alpha value is -2.96. The summed E-state index contributed by atoms with van der Waals surface area (Å²) in [6.45, 7) is 2.04. The number of fused-ring (bicyclic) bond motifs is 1. The fourth-order valence-corrected chi connectivity index (χ4v) is 5.76. The number of hydrogen-bond donors (Lipinski definition) is 0. The van der Waals surface area contributed by atoms with Crippen LogP contribution in [0.3, 0.4) is 0 Å². The van der Waals surface area contributed by atoms with Gasteiger partial charge in [-0.3, -0.25) is 9.69 Å². The topological polar surface area (TPSA) is 35.9 Å². The Kier molecular flexibility index (Phi) is 4.89. The summed E-state index contributed by atoms with van der Waals surface area (Å²) in [7, 11) is 2.01. The number of benzene rings is 3. The molecule has 1 amide bonds. The minimum atomic E-state index is -0.0410. The van der Waals surface area contributed by atoms with Crippen molar-refractivity contribution >= 4 is 51.7 Å². The molecule has 6 heteroatoms. The standard InChI is InChI=1S/C24H19N3OS2/c1-16-12-14-18(15-13-16)27-22(28)21(30-24(27)25-17-8-4-3-5-9-17)23-26(2)19-10-6-7-11-20(19)29-23/h3-15H,1-2H3. The van der Waals surface area contributed by atoms with E-state index in [2.05, 4.69) is 17.0 Å². The summed E-state index contributed by atoms with van der Waals surface area (Å²) in [5.41, 5.74) is 3.92. The van der Waals surface area contributed by atoms with Gasteiger partial charge in [-0.05, 0) is 55.1 Å². The van der Waals surface area contributed by atoms with Crippen LogP contribution in [0.2, 0.25) is 0 Å². The van der Waals surface area contributed by atoms with Crippen molar-refractivity contribution in [1.29, 1.82) is 0 Å². The van der Waals surface area contributed by atoms with E-state index in [1.165, 1.54) is 11.8 Å². The van der Waals surface area contributed by atoms with Gasteiger partial charge in [-0.1, -0.05) is 59.8 Å². The molecule has 0 spiro atoms. The molecule has 1 saturated heterocycles. The molecule has 2 heterocycles. The molecule has 2 aliphatic rings. The van der Waals surface area contributed by atoms with E-state index in [9.17, 15) is 4.79 Å². The molecule has 0 N–H and O–H groups in total. The van der Waals surface area contributed by atoms with Crippen LogP contribution in [0.5, 0.6) is 0 Å².